The van der Waals surface area contributed by atoms with Crippen LogP contribution >= 0.6 is 0 Å². The number of carbonyl (C=O) groups excluding carboxylic acids is 1. The van der Waals surface area contributed by atoms with Gasteiger partial charge < -0.3 is 10.6 Å². The monoisotopic (exact) mass is 266 g/mol. The molecular formula is C15H23FN2O. The third kappa shape index (κ3) is 4.99. The Morgan fingerprint density at radius 1 is 1.42 bits per heavy atom. The predicted octanol–water partition coefficient (Wildman–Crippen LogP) is 2.55. The average molecular weight is 266 g/mol. The largest absolute Gasteiger partial charge is 0.337 e. The molecule has 3 nitrogen and oxygen atoms in total. The molecule has 0 bridgehead atoms. The zero-order chi connectivity index (χ0) is 14.4. The number of hydrogen-bond acceptors (Lipinski definition) is 2. The van der Waals surface area contributed by atoms with E-state index in [1.807, 2.05) is 26.8 Å². The lowest BCUT2D eigenvalue weighted by atomic mass is 10.0. The van der Waals surface area contributed by atoms with Gasteiger partial charge in [0.15, 0.2) is 0 Å². The van der Waals surface area contributed by atoms with Crippen molar-refractivity contribution in [2.75, 3.05) is 6.54 Å². The first-order chi connectivity index (χ1) is 8.93. The van der Waals surface area contributed by atoms with Crippen LogP contribution in [0.5, 0.6) is 0 Å². The van der Waals surface area contributed by atoms with Crippen LogP contribution in [0.3, 0.4) is 0 Å². The zero-order valence-corrected chi connectivity index (χ0v) is 11.9. The summed E-state index contributed by atoms with van der Waals surface area (Å²) in [4.78, 5) is 13.9. The Labute approximate surface area is 114 Å². The topological polar surface area (TPSA) is 46.3 Å². The molecule has 2 N–H and O–H groups in total. The van der Waals surface area contributed by atoms with Crippen LogP contribution in [0.25, 0.3) is 0 Å². The molecule has 0 aliphatic carbocycles. The summed E-state index contributed by atoms with van der Waals surface area (Å²) in [5.41, 5.74) is 6.70. The second-order valence-corrected chi connectivity index (χ2v) is 5.22. The number of hydrogen-bond donors (Lipinski definition) is 1. The minimum atomic E-state index is -0.478. The lowest BCUT2D eigenvalue weighted by Gasteiger charge is -2.25. The smallest absolute Gasteiger partial charge is 0.239 e. The van der Waals surface area contributed by atoms with Gasteiger partial charge in [-0.3, -0.25) is 4.79 Å². The number of amides is 1. The second-order valence-electron chi connectivity index (χ2n) is 5.22. The van der Waals surface area contributed by atoms with Crippen LogP contribution < -0.4 is 5.73 Å². The standard InChI is InChI=1S/C15H23FN2O/c1-4-18(15(19)14(17)8-11(2)3)10-12-6-5-7-13(16)9-12/h5-7,9,11,14H,4,8,10,17H2,1-3H3. The van der Waals surface area contributed by atoms with Crippen molar-refractivity contribution < 1.29 is 9.18 Å². The number of benzene rings is 1. The summed E-state index contributed by atoms with van der Waals surface area (Å²) in [6, 6.07) is 5.83. The van der Waals surface area contributed by atoms with Crippen LogP contribution in [-0.2, 0) is 11.3 Å². The van der Waals surface area contributed by atoms with Crippen LogP contribution in [0, 0.1) is 11.7 Å². The Bertz CT molecular complexity index is 420. The Kier molecular flexibility index (Phi) is 5.96. The quantitative estimate of drug-likeness (QED) is 0.860. The molecule has 0 aromatic heterocycles. The molecule has 1 rings (SSSR count). The molecule has 0 spiro atoms. The van der Waals surface area contributed by atoms with E-state index in [4.69, 9.17) is 5.73 Å². The van der Waals surface area contributed by atoms with Gasteiger partial charge >= 0.3 is 0 Å². The maximum absolute atomic E-state index is 13.1. The van der Waals surface area contributed by atoms with Gasteiger partial charge in [-0.1, -0.05) is 26.0 Å². The Morgan fingerprint density at radius 2 is 2.11 bits per heavy atom. The van der Waals surface area contributed by atoms with E-state index in [2.05, 4.69) is 0 Å². The number of carbonyl (C=O) groups is 1. The Balaban J connectivity index is 2.70. The minimum absolute atomic E-state index is 0.0690. The van der Waals surface area contributed by atoms with E-state index in [9.17, 15) is 9.18 Å². The molecule has 0 aliphatic rings. The van der Waals surface area contributed by atoms with Crippen molar-refractivity contribution in [2.24, 2.45) is 11.7 Å². The summed E-state index contributed by atoms with van der Waals surface area (Å²) < 4.78 is 13.1. The maximum atomic E-state index is 13.1. The number of nitrogens with two attached hydrogens (primary N) is 1. The molecule has 0 heterocycles. The van der Waals surface area contributed by atoms with Gasteiger partial charge in [-0.05, 0) is 37.0 Å². The van der Waals surface area contributed by atoms with Crippen LogP contribution in [0.2, 0.25) is 0 Å². The minimum Gasteiger partial charge on any atom is -0.337 e. The van der Waals surface area contributed by atoms with Crippen LogP contribution in [0.4, 0.5) is 4.39 Å². The third-order valence-corrected chi connectivity index (χ3v) is 3.00. The summed E-state index contributed by atoms with van der Waals surface area (Å²) in [6.45, 7) is 6.95. The molecule has 1 unspecified atom stereocenters. The van der Waals surface area contributed by atoms with Crippen molar-refractivity contribution in [3.8, 4) is 0 Å². The lowest BCUT2D eigenvalue weighted by Crippen LogP contribution is -2.43. The lowest BCUT2D eigenvalue weighted by molar-refractivity contribution is -0.133. The third-order valence-electron chi connectivity index (χ3n) is 3.00. The van der Waals surface area contributed by atoms with E-state index < -0.39 is 6.04 Å². The summed E-state index contributed by atoms with van der Waals surface area (Å²) >= 11 is 0. The Hall–Kier alpha value is -1.42. The van der Waals surface area contributed by atoms with E-state index in [0.717, 1.165) is 5.56 Å². The summed E-state index contributed by atoms with van der Waals surface area (Å²) in [7, 11) is 0. The molecule has 0 aliphatic heterocycles. The highest BCUT2D eigenvalue weighted by atomic mass is 19.1. The second kappa shape index (κ2) is 7.24. The van der Waals surface area contributed by atoms with Gasteiger partial charge in [-0.2, -0.15) is 0 Å². The molecule has 0 saturated carbocycles. The van der Waals surface area contributed by atoms with Gasteiger partial charge in [0.1, 0.15) is 5.82 Å². The number of rotatable bonds is 6. The van der Waals surface area contributed by atoms with Crippen molar-refractivity contribution in [2.45, 2.75) is 39.8 Å². The van der Waals surface area contributed by atoms with Crippen molar-refractivity contribution in [3.63, 3.8) is 0 Å². The fraction of sp³-hybridized carbons (Fsp3) is 0.533. The van der Waals surface area contributed by atoms with Crippen molar-refractivity contribution in [3.05, 3.63) is 35.6 Å². The molecular weight excluding hydrogens is 243 g/mol. The molecule has 0 fully saturated rings. The number of halogens is 1. The highest BCUT2D eigenvalue weighted by Crippen LogP contribution is 2.11. The van der Waals surface area contributed by atoms with E-state index in [1.165, 1.54) is 12.1 Å². The molecule has 19 heavy (non-hydrogen) atoms. The van der Waals surface area contributed by atoms with Crippen LogP contribution in [-0.4, -0.2) is 23.4 Å². The first kappa shape index (κ1) is 15.6. The number of nitrogens with zero attached hydrogens (tertiary/aromatic N) is 1. The van der Waals surface area contributed by atoms with E-state index in [1.54, 1.807) is 11.0 Å². The van der Waals surface area contributed by atoms with Crippen LogP contribution in [0.1, 0.15) is 32.8 Å². The molecule has 1 aromatic rings. The normalized spacial score (nSPS) is 12.5. The zero-order valence-electron chi connectivity index (χ0n) is 11.9. The fourth-order valence-electron chi connectivity index (χ4n) is 2.04. The molecule has 1 amide bonds. The van der Waals surface area contributed by atoms with Crippen LogP contribution in [0.15, 0.2) is 24.3 Å². The highest BCUT2D eigenvalue weighted by molar-refractivity contribution is 5.81. The first-order valence-electron chi connectivity index (χ1n) is 6.72. The van der Waals surface area contributed by atoms with E-state index >= 15 is 0 Å². The summed E-state index contributed by atoms with van der Waals surface area (Å²) in [6.07, 6.45) is 0.665. The maximum Gasteiger partial charge on any atom is 0.239 e. The summed E-state index contributed by atoms with van der Waals surface area (Å²) in [5.74, 6) is 0.0276. The number of likely N-dealkylation sites (N-methyl/N-ethyl adjacent to an activating group) is 1. The molecule has 1 atom stereocenters. The van der Waals surface area contributed by atoms with Gasteiger partial charge in [0.05, 0.1) is 6.04 Å². The van der Waals surface area contributed by atoms with E-state index in [0.29, 0.717) is 25.4 Å². The first-order valence-corrected chi connectivity index (χ1v) is 6.72. The van der Waals surface area contributed by atoms with Gasteiger partial charge in [0.2, 0.25) is 5.91 Å². The van der Waals surface area contributed by atoms with Gasteiger partial charge in [-0.15, -0.1) is 0 Å². The fourth-order valence-corrected chi connectivity index (χ4v) is 2.04. The molecule has 1 aromatic carbocycles. The Morgan fingerprint density at radius 3 is 2.63 bits per heavy atom. The van der Waals surface area contributed by atoms with Crippen molar-refractivity contribution >= 4 is 5.91 Å². The van der Waals surface area contributed by atoms with Gasteiger partial charge in [0.25, 0.3) is 0 Å². The summed E-state index contributed by atoms with van der Waals surface area (Å²) in [5, 5.41) is 0. The van der Waals surface area contributed by atoms with Crippen molar-refractivity contribution in [1.82, 2.24) is 4.90 Å². The highest BCUT2D eigenvalue weighted by Gasteiger charge is 2.20. The molecule has 4 heteroatoms. The van der Waals surface area contributed by atoms with Gasteiger partial charge in [0, 0.05) is 13.1 Å². The molecule has 0 radical (unpaired) electrons. The SMILES string of the molecule is CCN(Cc1cccc(F)c1)C(=O)C(N)CC(C)C. The molecule has 0 saturated heterocycles. The molecule has 106 valence electrons. The predicted molar refractivity (Wildman–Crippen MR) is 74.9 cm³/mol. The van der Waals surface area contributed by atoms with E-state index in [-0.39, 0.29) is 11.7 Å². The van der Waals surface area contributed by atoms with Gasteiger partial charge in [-0.25, -0.2) is 4.39 Å². The van der Waals surface area contributed by atoms with Crippen molar-refractivity contribution in [1.29, 1.82) is 0 Å². The average Bonchev–Trinajstić information content (AvgIpc) is 2.34.